The molecule has 0 aliphatic rings. The summed E-state index contributed by atoms with van der Waals surface area (Å²) in [6, 6.07) is 6.37. The second kappa shape index (κ2) is 6.58. The highest BCUT2D eigenvalue weighted by Crippen LogP contribution is 2.05. The van der Waals surface area contributed by atoms with Crippen LogP contribution in [0.2, 0.25) is 0 Å². The summed E-state index contributed by atoms with van der Waals surface area (Å²) in [6.07, 6.45) is -0.490. The van der Waals surface area contributed by atoms with Crippen molar-refractivity contribution in [3.05, 3.63) is 35.6 Å². The largest absolute Gasteiger partial charge is 0.389 e. The van der Waals surface area contributed by atoms with E-state index in [2.05, 4.69) is 0 Å². The van der Waals surface area contributed by atoms with E-state index in [0.717, 1.165) is 5.56 Å². The molecule has 1 aromatic carbocycles. The van der Waals surface area contributed by atoms with Gasteiger partial charge in [-0.25, -0.2) is 4.39 Å². The predicted octanol–water partition coefficient (Wildman–Crippen LogP) is 1.26. The van der Waals surface area contributed by atoms with Crippen LogP contribution in [0.15, 0.2) is 24.3 Å². The second-order valence-electron chi connectivity index (χ2n) is 3.93. The fourth-order valence-electron chi connectivity index (χ4n) is 1.57. The third-order valence-electron chi connectivity index (χ3n) is 2.25. The first-order chi connectivity index (χ1) is 7.61. The molecule has 1 N–H and O–H groups in total. The number of hydrogen-bond acceptors (Lipinski definition) is 3. The lowest BCUT2D eigenvalue weighted by atomic mass is 10.2. The van der Waals surface area contributed by atoms with Gasteiger partial charge in [-0.2, -0.15) is 0 Å². The maximum absolute atomic E-state index is 12.7. The monoisotopic (exact) mass is 227 g/mol. The van der Waals surface area contributed by atoms with Gasteiger partial charge in [-0.05, 0) is 24.7 Å². The van der Waals surface area contributed by atoms with Crippen LogP contribution in [0.3, 0.4) is 0 Å². The molecule has 90 valence electrons. The van der Waals surface area contributed by atoms with Crippen molar-refractivity contribution in [2.45, 2.75) is 12.6 Å². The summed E-state index contributed by atoms with van der Waals surface area (Å²) in [5, 5.41) is 9.52. The Morgan fingerprint density at radius 2 is 2.00 bits per heavy atom. The van der Waals surface area contributed by atoms with Crippen molar-refractivity contribution in [3.8, 4) is 0 Å². The average molecular weight is 227 g/mol. The summed E-state index contributed by atoms with van der Waals surface area (Å²) < 4.78 is 17.5. The highest BCUT2D eigenvalue weighted by atomic mass is 19.1. The molecule has 0 aliphatic heterocycles. The summed E-state index contributed by atoms with van der Waals surface area (Å²) >= 11 is 0. The second-order valence-corrected chi connectivity index (χ2v) is 3.93. The van der Waals surface area contributed by atoms with Gasteiger partial charge in [-0.3, -0.25) is 4.90 Å². The smallest absolute Gasteiger partial charge is 0.123 e. The first kappa shape index (κ1) is 13.1. The molecular weight excluding hydrogens is 209 g/mol. The van der Waals surface area contributed by atoms with Gasteiger partial charge in [0, 0.05) is 20.2 Å². The fourth-order valence-corrected chi connectivity index (χ4v) is 1.57. The molecule has 16 heavy (non-hydrogen) atoms. The molecule has 1 aromatic rings. The van der Waals surface area contributed by atoms with Crippen molar-refractivity contribution in [1.29, 1.82) is 0 Å². The van der Waals surface area contributed by atoms with Crippen molar-refractivity contribution in [2.24, 2.45) is 0 Å². The van der Waals surface area contributed by atoms with E-state index in [0.29, 0.717) is 19.7 Å². The van der Waals surface area contributed by atoms with Gasteiger partial charge in [-0.15, -0.1) is 0 Å². The summed E-state index contributed by atoms with van der Waals surface area (Å²) in [4.78, 5) is 1.97. The van der Waals surface area contributed by atoms with Gasteiger partial charge in [0.15, 0.2) is 0 Å². The molecule has 1 unspecified atom stereocenters. The standard InChI is InChI=1S/C12H18FNO2/c1-14(8-12(15)9-16-2)7-10-3-5-11(13)6-4-10/h3-6,12,15H,7-9H2,1-2H3. The Morgan fingerprint density at radius 3 is 2.56 bits per heavy atom. The molecular formula is C12H18FNO2. The van der Waals surface area contributed by atoms with Gasteiger partial charge in [0.05, 0.1) is 12.7 Å². The molecule has 4 heteroatoms. The van der Waals surface area contributed by atoms with E-state index in [-0.39, 0.29) is 5.82 Å². The number of methoxy groups -OCH3 is 1. The lowest BCUT2D eigenvalue weighted by molar-refractivity contribution is 0.0419. The molecule has 1 rings (SSSR count). The number of benzene rings is 1. The number of ether oxygens (including phenoxy) is 1. The van der Waals surface area contributed by atoms with Gasteiger partial charge in [-0.1, -0.05) is 12.1 Å². The van der Waals surface area contributed by atoms with Crippen LogP contribution in [0.5, 0.6) is 0 Å². The van der Waals surface area contributed by atoms with Crippen molar-refractivity contribution in [3.63, 3.8) is 0 Å². The molecule has 0 saturated carbocycles. The Balaban J connectivity index is 2.39. The van der Waals surface area contributed by atoms with Crippen LogP contribution >= 0.6 is 0 Å². The van der Waals surface area contributed by atoms with Gasteiger partial charge in [0.2, 0.25) is 0 Å². The first-order valence-electron chi connectivity index (χ1n) is 5.22. The third kappa shape index (κ3) is 4.70. The summed E-state index contributed by atoms with van der Waals surface area (Å²) in [5.74, 6) is -0.231. The van der Waals surface area contributed by atoms with Crippen LogP contribution < -0.4 is 0 Å². The van der Waals surface area contributed by atoms with Crippen molar-refractivity contribution >= 4 is 0 Å². The van der Waals surface area contributed by atoms with Crippen LogP contribution in [-0.2, 0) is 11.3 Å². The number of nitrogens with zero attached hydrogens (tertiary/aromatic N) is 1. The van der Waals surface area contributed by atoms with Crippen LogP contribution in [0.1, 0.15) is 5.56 Å². The Hall–Kier alpha value is -0.970. The van der Waals surface area contributed by atoms with Crippen LogP contribution in [0.25, 0.3) is 0 Å². The lowest BCUT2D eigenvalue weighted by Gasteiger charge is -2.20. The highest BCUT2D eigenvalue weighted by Gasteiger charge is 2.08. The Kier molecular flexibility index (Phi) is 5.38. The number of rotatable bonds is 6. The molecule has 0 saturated heterocycles. The van der Waals surface area contributed by atoms with E-state index in [1.165, 1.54) is 12.1 Å². The van der Waals surface area contributed by atoms with Crippen molar-refractivity contribution < 1.29 is 14.2 Å². The van der Waals surface area contributed by atoms with E-state index >= 15 is 0 Å². The number of hydrogen-bond donors (Lipinski definition) is 1. The van der Waals surface area contributed by atoms with Crippen molar-refractivity contribution in [1.82, 2.24) is 4.90 Å². The summed E-state index contributed by atoms with van der Waals surface area (Å²) in [5.41, 5.74) is 1.02. The number of halogens is 1. The van der Waals surface area contributed by atoms with E-state index in [4.69, 9.17) is 4.74 Å². The summed E-state index contributed by atoms with van der Waals surface area (Å²) in [7, 11) is 3.46. The predicted molar refractivity (Wildman–Crippen MR) is 60.6 cm³/mol. The zero-order valence-corrected chi connectivity index (χ0v) is 9.69. The molecule has 0 aromatic heterocycles. The normalized spacial score (nSPS) is 13.1. The Bertz CT molecular complexity index is 302. The first-order valence-corrected chi connectivity index (χ1v) is 5.22. The number of aliphatic hydroxyl groups excluding tert-OH is 1. The number of likely N-dealkylation sites (N-methyl/N-ethyl adjacent to an activating group) is 1. The minimum absolute atomic E-state index is 0.231. The zero-order chi connectivity index (χ0) is 12.0. The van der Waals surface area contributed by atoms with Gasteiger partial charge in [0.25, 0.3) is 0 Å². The molecule has 0 bridgehead atoms. The fraction of sp³-hybridized carbons (Fsp3) is 0.500. The van der Waals surface area contributed by atoms with Crippen LogP contribution in [0, 0.1) is 5.82 Å². The van der Waals surface area contributed by atoms with E-state index in [1.54, 1.807) is 19.2 Å². The van der Waals surface area contributed by atoms with Gasteiger partial charge < -0.3 is 9.84 Å². The molecule has 0 fully saturated rings. The van der Waals surface area contributed by atoms with Gasteiger partial charge in [0.1, 0.15) is 5.82 Å². The molecule has 0 spiro atoms. The Morgan fingerprint density at radius 1 is 1.38 bits per heavy atom. The summed E-state index contributed by atoms with van der Waals surface area (Å²) in [6.45, 7) is 1.54. The SMILES string of the molecule is COCC(O)CN(C)Cc1ccc(F)cc1. The molecule has 3 nitrogen and oxygen atoms in total. The number of aliphatic hydroxyl groups is 1. The topological polar surface area (TPSA) is 32.7 Å². The highest BCUT2D eigenvalue weighted by molar-refractivity contribution is 5.15. The quantitative estimate of drug-likeness (QED) is 0.794. The lowest BCUT2D eigenvalue weighted by Crippen LogP contribution is -2.31. The van der Waals surface area contributed by atoms with E-state index in [9.17, 15) is 9.50 Å². The minimum Gasteiger partial charge on any atom is -0.389 e. The molecule has 0 heterocycles. The van der Waals surface area contributed by atoms with E-state index < -0.39 is 6.10 Å². The molecule has 1 atom stereocenters. The maximum atomic E-state index is 12.7. The minimum atomic E-state index is -0.490. The average Bonchev–Trinajstić information content (AvgIpc) is 2.21. The van der Waals surface area contributed by atoms with Crippen molar-refractivity contribution in [2.75, 3.05) is 27.3 Å². The Labute approximate surface area is 95.5 Å². The van der Waals surface area contributed by atoms with Gasteiger partial charge >= 0.3 is 0 Å². The maximum Gasteiger partial charge on any atom is 0.123 e. The molecule has 0 aliphatic carbocycles. The molecule has 0 radical (unpaired) electrons. The van der Waals surface area contributed by atoms with Crippen LogP contribution in [0.4, 0.5) is 4.39 Å². The molecule has 0 amide bonds. The van der Waals surface area contributed by atoms with E-state index in [1.807, 2.05) is 11.9 Å². The zero-order valence-electron chi connectivity index (χ0n) is 9.69. The third-order valence-corrected chi connectivity index (χ3v) is 2.25. The van der Waals surface area contributed by atoms with Crippen LogP contribution in [-0.4, -0.2) is 43.4 Å².